The molecule has 0 bridgehead atoms. The van der Waals surface area contributed by atoms with E-state index in [9.17, 15) is 4.79 Å². The van der Waals surface area contributed by atoms with Crippen LogP contribution in [0.15, 0.2) is 60.7 Å². The number of para-hydroxylation sites is 1. The lowest BCUT2D eigenvalue weighted by Crippen LogP contribution is -2.52. The van der Waals surface area contributed by atoms with Crippen LogP contribution in [0.3, 0.4) is 0 Å². The predicted molar refractivity (Wildman–Crippen MR) is 128 cm³/mol. The number of ether oxygens (including phenoxy) is 2. The van der Waals surface area contributed by atoms with Crippen molar-refractivity contribution in [1.82, 2.24) is 14.9 Å². The minimum atomic E-state index is -0.533. The van der Waals surface area contributed by atoms with Gasteiger partial charge in [0.15, 0.2) is 6.10 Å². The zero-order chi connectivity index (χ0) is 23.2. The lowest BCUT2D eigenvalue weighted by molar-refractivity contribution is -0.138. The molecule has 0 aliphatic carbocycles. The van der Waals surface area contributed by atoms with Crippen LogP contribution in [0.4, 0.5) is 17.5 Å². The molecule has 0 unspecified atom stereocenters. The summed E-state index contributed by atoms with van der Waals surface area (Å²) >= 11 is 0. The van der Waals surface area contributed by atoms with Gasteiger partial charge in [0.2, 0.25) is 5.95 Å². The SMILES string of the molecule is COc1ccc(Nc2cc(C)nc(N3CCN(C(=O)[C@H](C)Oc4ccccc4)CC3)n2)cc1. The number of nitrogens with zero attached hydrogens (tertiary/aromatic N) is 4. The first kappa shape index (κ1) is 22.4. The molecule has 1 aromatic heterocycles. The van der Waals surface area contributed by atoms with Crippen molar-refractivity contribution < 1.29 is 14.3 Å². The van der Waals surface area contributed by atoms with E-state index in [2.05, 4.69) is 15.2 Å². The molecule has 1 aliphatic rings. The van der Waals surface area contributed by atoms with Crippen LogP contribution in [0, 0.1) is 6.92 Å². The summed E-state index contributed by atoms with van der Waals surface area (Å²) in [5, 5.41) is 3.33. The molecule has 0 saturated carbocycles. The average Bonchev–Trinajstić information content (AvgIpc) is 2.84. The van der Waals surface area contributed by atoms with E-state index in [0.29, 0.717) is 37.9 Å². The maximum absolute atomic E-state index is 12.8. The van der Waals surface area contributed by atoms with Gasteiger partial charge in [0, 0.05) is 43.6 Å². The van der Waals surface area contributed by atoms with Crippen molar-refractivity contribution in [3.8, 4) is 11.5 Å². The Labute approximate surface area is 194 Å². The minimum absolute atomic E-state index is 0.00877. The number of amides is 1. The molecule has 33 heavy (non-hydrogen) atoms. The van der Waals surface area contributed by atoms with E-state index in [4.69, 9.17) is 14.5 Å². The number of aromatic nitrogens is 2. The largest absolute Gasteiger partial charge is 0.497 e. The molecule has 2 heterocycles. The van der Waals surface area contributed by atoms with Gasteiger partial charge in [-0.1, -0.05) is 18.2 Å². The third kappa shape index (κ3) is 5.71. The van der Waals surface area contributed by atoms with E-state index < -0.39 is 6.10 Å². The summed E-state index contributed by atoms with van der Waals surface area (Å²) in [6, 6.07) is 19.0. The number of hydrogen-bond donors (Lipinski definition) is 1. The molecule has 172 valence electrons. The fraction of sp³-hybridized carbons (Fsp3) is 0.320. The summed E-state index contributed by atoms with van der Waals surface area (Å²) in [4.78, 5) is 26.1. The molecule has 1 saturated heterocycles. The Balaban J connectivity index is 1.36. The molecule has 1 fully saturated rings. The van der Waals surface area contributed by atoms with Crippen molar-refractivity contribution in [2.75, 3.05) is 43.5 Å². The summed E-state index contributed by atoms with van der Waals surface area (Å²) in [6.07, 6.45) is -0.533. The van der Waals surface area contributed by atoms with Gasteiger partial charge in [0.1, 0.15) is 17.3 Å². The molecule has 4 rings (SSSR count). The van der Waals surface area contributed by atoms with E-state index >= 15 is 0 Å². The van der Waals surface area contributed by atoms with E-state index in [1.54, 1.807) is 14.0 Å². The number of aryl methyl sites for hydroxylation is 1. The Morgan fingerprint density at radius 3 is 2.33 bits per heavy atom. The number of carbonyl (C=O) groups is 1. The molecule has 1 N–H and O–H groups in total. The lowest BCUT2D eigenvalue weighted by Gasteiger charge is -2.36. The number of benzene rings is 2. The second kappa shape index (κ2) is 10.2. The molecule has 8 heteroatoms. The average molecular weight is 448 g/mol. The highest BCUT2D eigenvalue weighted by Crippen LogP contribution is 2.22. The quantitative estimate of drug-likeness (QED) is 0.592. The Morgan fingerprint density at radius 2 is 1.67 bits per heavy atom. The van der Waals surface area contributed by atoms with Crippen molar-refractivity contribution in [3.05, 3.63) is 66.4 Å². The van der Waals surface area contributed by atoms with Gasteiger partial charge >= 0.3 is 0 Å². The zero-order valence-corrected chi connectivity index (χ0v) is 19.2. The maximum Gasteiger partial charge on any atom is 0.263 e. The Kier molecular flexibility index (Phi) is 6.92. The van der Waals surface area contributed by atoms with Gasteiger partial charge in [-0.15, -0.1) is 0 Å². The van der Waals surface area contributed by atoms with Crippen LogP contribution >= 0.6 is 0 Å². The van der Waals surface area contributed by atoms with E-state index in [0.717, 1.165) is 22.9 Å². The molecule has 3 aromatic rings. The van der Waals surface area contributed by atoms with Crippen molar-refractivity contribution in [3.63, 3.8) is 0 Å². The summed E-state index contributed by atoms with van der Waals surface area (Å²) in [5.41, 5.74) is 1.79. The number of hydrogen-bond acceptors (Lipinski definition) is 7. The van der Waals surface area contributed by atoms with E-state index in [1.807, 2.05) is 72.5 Å². The van der Waals surface area contributed by atoms with Gasteiger partial charge in [0.05, 0.1) is 7.11 Å². The number of rotatable bonds is 7. The lowest BCUT2D eigenvalue weighted by atomic mass is 10.2. The highest BCUT2D eigenvalue weighted by Gasteiger charge is 2.27. The molecule has 0 spiro atoms. The van der Waals surface area contributed by atoms with Crippen LogP contribution < -0.4 is 19.7 Å². The van der Waals surface area contributed by atoms with Gasteiger partial charge in [-0.25, -0.2) is 4.98 Å². The van der Waals surface area contributed by atoms with Crippen LogP contribution in [-0.4, -0.2) is 60.2 Å². The van der Waals surface area contributed by atoms with Crippen molar-refractivity contribution >= 4 is 23.4 Å². The summed E-state index contributed by atoms with van der Waals surface area (Å²) < 4.78 is 11.0. The first-order valence-corrected chi connectivity index (χ1v) is 11.0. The third-order valence-electron chi connectivity index (χ3n) is 5.48. The van der Waals surface area contributed by atoms with Crippen LogP contribution in [0.25, 0.3) is 0 Å². The molecule has 1 amide bonds. The summed E-state index contributed by atoms with van der Waals surface area (Å²) in [7, 11) is 1.65. The topological polar surface area (TPSA) is 79.8 Å². The highest BCUT2D eigenvalue weighted by molar-refractivity contribution is 5.81. The smallest absolute Gasteiger partial charge is 0.263 e. The number of anilines is 3. The Bertz CT molecular complexity index is 1070. The highest BCUT2D eigenvalue weighted by atomic mass is 16.5. The predicted octanol–water partition coefficient (Wildman–Crippen LogP) is 3.65. The Morgan fingerprint density at radius 1 is 0.970 bits per heavy atom. The normalized spacial score (nSPS) is 14.5. The molecule has 0 radical (unpaired) electrons. The van der Waals surface area contributed by atoms with Crippen LogP contribution in [0.2, 0.25) is 0 Å². The first-order valence-electron chi connectivity index (χ1n) is 11.0. The van der Waals surface area contributed by atoms with E-state index in [1.165, 1.54) is 0 Å². The number of carbonyl (C=O) groups excluding carboxylic acids is 1. The standard InChI is InChI=1S/C25H29N5O3/c1-18-17-23(27-20-9-11-21(32-3)12-10-20)28-25(26-18)30-15-13-29(14-16-30)24(31)19(2)33-22-7-5-4-6-8-22/h4-12,17,19H,13-16H2,1-3H3,(H,26,27,28)/t19-/m0/s1. The number of piperazine rings is 1. The number of nitrogens with one attached hydrogen (secondary N) is 1. The van der Waals surface area contributed by atoms with Gasteiger partial charge in [-0.3, -0.25) is 4.79 Å². The van der Waals surface area contributed by atoms with Crippen molar-refractivity contribution in [2.45, 2.75) is 20.0 Å². The van der Waals surface area contributed by atoms with Gasteiger partial charge in [-0.05, 0) is 50.2 Å². The van der Waals surface area contributed by atoms with Gasteiger partial charge in [0.25, 0.3) is 5.91 Å². The van der Waals surface area contributed by atoms with Crippen molar-refractivity contribution in [2.24, 2.45) is 0 Å². The van der Waals surface area contributed by atoms with Crippen LogP contribution in [0.5, 0.6) is 11.5 Å². The summed E-state index contributed by atoms with van der Waals surface area (Å²) in [5.74, 6) is 2.88. The summed E-state index contributed by atoms with van der Waals surface area (Å²) in [6.45, 7) is 6.26. The third-order valence-corrected chi connectivity index (χ3v) is 5.48. The zero-order valence-electron chi connectivity index (χ0n) is 19.2. The van der Waals surface area contributed by atoms with Gasteiger partial charge in [-0.2, -0.15) is 4.98 Å². The molecule has 1 aliphatic heterocycles. The maximum atomic E-state index is 12.8. The monoisotopic (exact) mass is 447 g/mol. The Hall–Kier alpha value is -3.81. The molecule has 8 nitrogen and oxygen atoms in total. The first-order chi connectivity index (χ1) is 16.0. The van der Waals surface area contributed by atoms with Crippen LogP contribution in [0.1, 0.15) is 12.6 Å². The molecule has 1 atom stereocenters. The minimum Gasteiger partial charge on any atom is -0.497 e. The second-order valence-corrected chi connectivity index (χ2v) is 7.93. The van der Waals surface area contributed by atoms with E-state index in [-0.39, 0.29) is 5.91 Å². The van der Waals surface area contributed by atoms with Crippen molar-refractivity contribution in [1.29, 1.82) is 0 Å². The second-order valence-electron chi connectivity index (χ2n) is 7.93. The van der Waals surface area contributed by atoms with Gasteiger partial charge < -0.3 is 24.6 Å². The van der Waals surface area contributed by atoms with Crippen LogP contribution in [-0.2, 0) is 4.79 Å². The fourth-order valence-corrected chi connectivity index (χ4v) is 3.72. The molecular formula is C25H29N5O3. The fourth-order valence-electron chi connectivity index (χ4n) is 3.72. The molecule has 2 aromatic carbocycles. The molecular weight excluding hydrogens is 418 g/mol. The number of methoxy groups -OCH3 is 1.